The molecule has 0 atom stereocenters. The molecule has 0 aliphatic rings. The Balaban J connectivity index is 1.38. The molecule has 4 heteroatoms. The largest absolute Gasteiger partial charge is 0.310 e. The van der Waals surface area contributed by atoms with E-state index in [1.165, 1.54) is 16.2 Å². The Morgan fingerprint density at radius 3 is 1.90 bits per heavy atom. The summed E-state index contributed by atoms with van der Waals surface area (Å²) in [5.74, 6) is 0. The fraction of sp³-hybridized carbons (Fsp3) is 0. The Bertz CT molecular complexity index is 2170. The van der Waals surface area contributed by atoms with E-state index in [0.717, 1.165) is 49.9 Å². The van der Waals surface area contributed by atoms with Crippen molar-refractivity contribution in [2.45, 2.75) is 0 Å². The zero-order chi connectivity index (χ0) is 26.5. The molecule has 0 radical (unpaired) electrons. The van der Waals surface area contributed by atoms with Crippen LogP contribution >= 0.6 is 0 Å². The van der Waals surface area contributed by atoms with Gasteiger partial charge in [-0.1, -0.05) is 91.0 Å². The number of nitrogens with zero attached hydrogens (tertiary/aromatic N) is 4. The second-order valence-electron chi connectivity index (χ2n) is 10.0. The molecule has 1 aromatic heterocycles. The van der Waals surface area contributed by atoms with Crippen LogP contribution < -0.4 is 4.90 Å². The van der Waals surface area contributed by atoms with E-state index in [2.05, 4.69) is 120 Å². The van der Waals surface area contributed by atoms with Gasteiger partial charge in [-0.2, -0.15) is 4.80 Å². The Morgan fingerprint density at radius 1 is 0.450 bits per heavy atom. The third kappa shape index (κ3) is 3.69. The summed E-state index contributed by atoms with van der Waals surface area (Å²) in [6, 6.07) is 51.1. The quantitative estimate of drug-likeness (QED) is 0.220. The molecule has 0 aliphatic carbocycles. The van der Waals surface area contributed by atoms with Crippen LogP contribution in [0.2, 0.25) is 0 Å². The van der Waals surface area contributed by atoms with Gasteiger partial charge in [-0.3, -0.25) is 0 Å². The van der Waals surface area contributed by atoms with E-state index in [4.69, 9.17) is 10.2 Å². The van der Waals surface area contributed by atoms with E-state index in [1.807, 2.05) is 30.3 Å². The highest BCUT2D eigenvalue weighted by Crippen LogP contribution is 2.39. The predicted molar refractivity (Wildman–Crippen MR) is 166 cm³/mol. The highest BCUT2D eigenvalue weighted by molar-refractivity contribution is 6.19. The van der Waals surface area contributed by atoms with Gasteiger partial charge in [-0.25, -0.2) is 0 Å². The van der Waals surface area contributed by atoms with Gasteiger partial charge >= 0.3 is 0 Å². The van der Waals surface area contributed by atoms with Gasteiger partial charge in [0.2, 0.25) is 0 Å². The molecule has 0 spiro atoms. The summed E-state index contributed by atoms with van der Waals surface area (Å²) in [5.41, 5.74) is 6.04. The number of fused-ring (bicyclic) bond motifs is 6. The first-order chi connectivity index (χ1) is 19.8. The maximum absolute atomic E-state index is 4.98. The molecule has 40 heavy (non-hydrogen) atoms. The molecular weight excluding hydrogens is 488 g/mol. The first kappa shape index (κ1) is 22.5. The van der Waals surface area contributed by atoms with Crippen molar-refractivity contribution >= 4 is 60.4 Å². The van der Waals surface area contributed by atoms with Crippen molar-refractivity contribution in [1.29, 1.82) is 0 Å². The van der Waals surface area contributed by atoms with E-state index in [0.29, 0.717) is 0 Å². The summed E-state index contributed by atoms with van der Waals surface area (Å²) in [4.78, 5) is 4.06. The number of hydrogen-bond donors (Lipinski definition) is 0. The van der Waals surface area contributed by atoms with Crippen LogP contribution in [0, 0.1) is 0 Å². The van der Waals surface area contributed by atoms with Gasteiger partial charge in [-0.15, -0.1) is 10.2 Å². The summed E-state index contributed by atoms with van der Waals surface area (Å²) in [5, 5.41) is 16.8. The summed E-state index contributed by atoms with van der Waals surface area (Å²) < 4.78 is 0. The topological polar surface area (TPSA) is 34.0 Å². The lowest BCUT2D eigenvalue weighted by Gasteiger charge is -2.26. The first-order valence-corrected chi connectivity index (χ1v) is 13.4. The smallest absolute Gasteiger partial charge is 0.122 e. The molecule has 0 saturated carbocycles. The number of aromatic nitrogens is 3. The summed E-state index contributed by atoms with van der Waals surface area (Å²) in [6.07, 6.45) is 0. The number of para-hydroxylation sites is 2. The number of benzene rings is 7. The zero-order valence-corrected chi connectivity index (χ0v) is 21.6. The van der Waals surface area contributed by atoms with Gasteiger partial charge in [0.25, 0.3) is 0 Å². The third-order valence-electron chi connectivity index (χ3n) is 7.59. The maximum atomic E-state index is 4.98. The van der Waals surface area contributed by atoms with Gasteiger partial charge in [0.05, 0.1) is 5.69 Å². The van der Waals surface area contributed by atoms with E-state index in [-0.39, 0.29) is 0 Å². The molecule has 0 aliphatic heterocycles. The van der Waals surface area contributed by atoms with Gasteiger partial charge in [0, 0.05) is 22.4 Å². The second kappa shape index (κ2) is 9.07. The van der Waals surface area contributed by atoms with Crippen LogP contribution in [-0.2, 0) is 0 Å². The number of hydrogen-bond acceptors (Lipinski definition) is 3. The Labute approximate surface area is 231 Å². The predicted octanol–water partition coefficient (Wildman–Crippen LogP) is 9.35. The SMILES string of the molecule is c1ccc(N(c2ccc3ccccc3c2)c2ccc3ccc4ccc5nn(-c6ccccc6)nc5c4c3c2)cc1. The minimum absolute atomic E-state index is 0.878. The molecule has 188 valence electrons. The summed E-state index contributed by atoms with van der Waals surface area (Å²) in [7, 11) is 0. The normalized spacial score (nSPS) is 11.5. The van der Waals surface area contributed by atoms with Crippen molar-refractivity contribution < 1.29 is 0 Å². The fourth-order valence-corrected chi connectivity index (χ4v) is 5.66. The van der Waals surface area contributed by atoms with Crippen molar-refractivity contribution in [2.75, 3.05) is 4.90 Å². The lowest BCUT2D eigenvalue weighted by molar-refractivity contribution is 0.766. The van der Waals surface area contributed by atoms with Crippen LogP contribution in [0.15, 0.2) is 146 Å². The molecule has 0 N–H and O–H groups in total. The van der Waals surface area contributed by atoms with E-state index in [1.54, 1.807) is 4.80 Å². The van der Waals surface area contributed by atoms with Crippen molar-refractivity contribution in [2.24, 2.45) is 0 Å². The van der Waals surface area contributed by atoms with Crippen LogP contribution in [0.1, 0.15) is 0 Å². The summed E-state index contributed by atoms with van der Waals surface area (Å²) in [6.45, 7) is 0. The van der Waals surface area contributed by atoms with Crippen LogP contribution in [0.4, 0.5) is 17.1 Å². The van der Waals surface area contributed by atoms with Crippen molar-refractivity contribution in [3.05, 3.63) is 146 Å². The van der Waals surface area contributed by atoms with Crippen LogP contribution in [0.3, 0.4) is 0 Å². The van der Waals surface area contributed by atoms with Gasteiger partial charge < -0.3 is 4.90 Å². The Hall–Kier alpha value is -5.48. The van der Waals surface area contributed by atoms with E-state index in [9.17, 15) is 0 Å². The maximum Gasteiger partial charge on any atom is 0.122 e. The minimum atomic E-state index is 0.878. The molecule has 0 amide bonds. The summed E-state index contributed by atoms with van der Waals surface area (Å²) >= 11 is 0. The highest BCUT2D eigenvalue weighted by atomic mass is 15.5. The Kier molecular flexibility index (Phi) is 5.10. The van der Waals surface area contributed by atoms with Crippen molar-refractivity contribution in [3.8, 4) is 5.69 Å². The van der Waals surface area contributed by atoms with Crippen LogP contribution in [0.25, 0.3) is 49.0 Å². The van der Waals surface area contributed by atoms with Crippen LogP contribution in [0.5, 0.6) is 0 Å². The molecule has 8 rings (SSSR count). The van der Waals surface area contributed by atoms with Crippen molar-refractivity contribution in [3.63, 3.8) is 0 Å². The first-order valence-electron chi connectivity index (χ1n) is 13.4. The van der Waals surface area contributed by atoms with Gasteiger partial charge in [-0.05, 0) is 81.5 Å². The zero-order valence-electron chi connectivity index (χ0n) is 21.6. The fourth-order valence-electron chi connectivity index (χ4n) is 5.66. The molecule has 4 nitrogen and oxygen atoms in total. The Morgan fingerprint density at radius 2 is 1.07 bits per heavy atom. The molecule has 1 heterocycles. The molecule has 0 fully saturated rings. The molecule has 0 saturated heterocycles. The molecular formula is C36H24N4. The minimum Gasteiger partial charge on any atom is -0.310 e. The molecule has 0 unspecified atom stereocenters. The van der Waals surface area contributed by atoms with Gasteiger partial charge in [0.15, 0.2) is 0 Å². The van der Waals surface area contributed by atoms with E-state index >= 15 is 0 Å². The second-order valence-corrected chi connectivity index (χ2v) is 10.0. The third-order valence-corrected chi connectivity index (χ3v) is 7.59. The highest BCUT2D eigenvalue weighted by Gasteiger charge is 2.16. The van der Waals surface area contributed by atoms with Crippen LogP contribution in [-0.4, -0.2) is 15.0 Å². The lowest BCUT2D eigenvalue weighted by Crippen LogP contribution is -2.09. The average Bonchev–Trinajstić information content (AvgIpc) is 3.47. The molecule has 0 bridgehead atoms. The monoisotopic (exact) mass is 512 g/mol. The number of rotatable bonds is 4. The van der Waals surface area contributed by atoms with Crippen molar-refractivity contribution in [1.82, 2.24) is 15.0 Å². The molecule has 7 aromatic carbocycles. The standard InChI is InChI=1S/C36H24N4/c1-3-11-29(12-4-1)39(31-20-17-25-9-7-8-10-28(25)23-31)32-21-18-26-15-16-27-19-22-34-36(35(27)33(26)24-32)38-40(37-34)30-13-5-2-6-14-30/h1-24H. The molecule has 8 aromatic rings. The average molecular weight is 513 g/mol. The lowest BCUT2D eigenvalue weighted by atomic mass is 9.99. The number of anilines is 3. The van der Waals surface area contributed by atoms with E-state index < -0.39 is 0 Å². The van der Waals surface area contributed by atoms with Gasteiger partial charge in [0.1, 0.15) is 11.0 Å².